The molecule has 6 N–H and O–H groups in total. The number of benzene rings is 2. The van der Waals surface area contributed by atoms with Crippen LogP contribution in [0.2, 0.25) is 0 Å². The Bertz CT molecular complexity index is 999. The molecule has 0 bridgehead atoms. The first-order valence-corrected chi connectivity index (χ1v) is 12.5. The van der Waals surface area contributed by atoms with Crippen molar-refractivity contribution >= 4 is 0 Å². The van der Waals surface area contributed by atoms with Crippen molar-refractivity contribution in [2.24, 2.45) is 0 Å². The minimum atomic E-state index is -1.50. The molecule has 0 saturated carbocycles. The fraction of sp³-hybridized carbons (Fsp3) is 0.556. The molecule has 10 nitrogen and oxygen atoms in total. The van der Waals surface area contributed by atoms with E-state index in [0.717, 1.165) is 24.8 Å². The van der Waals surface area contributed by atoms with Crippen LogP contribution in [0.5, 0.6) is 17.2 Å². The second-order valence-electron chi connectivity index (χ2n) is 9.20. The third-order valence-electron chi connectivity index (χ3n) is 6.51. The number of methoxy groups -OCH3 is 1. The summed E-state index contributed by atoms with van der Waals surface area (Å²) in [5, 5.41) is 60.9. The van der Waals surface area contributed by atoms with E-state index in [2.05, 4.69) is 6.92 Å². The van der Waals surface area contributed by atoms with Gasteiger partial charge in [-0.2, -0.15) is 0 Å². The summed E-state index contributed by atoms with van der Waals surface area (Å²) in [5.74, 6) is 0.740. The van der Waals surface area contributed by atoms with Crippen molar-refractivity contribution in [3.8, 4) is 17.2 Å². The lowest BCUT2D eigenvalue weighted by Gasteiger charge is -2.39. The van der Waals surface area contributed by atoms with Gasteiger partial charge in [0.25, 0.3) is 0 Å². The number of rotatable bonds is 12. The van der Waals surface area contributed by atoms with Crippen LogP contribution in [0, 0.1) is 0 Å². The lowest BCUT2D eigenvalue weighted by molar-refractivity contribution is -0.268. The second-order valence-corrected chi connectivity index (χ2v) is 9.20. The highest BCUT2D eigenvalue weighted by atomic mass is 16.7. The van der Waals surface area contributed by atoms with Gasteiger partial charge < -0.3 is 49.6 Å². The van der Waals surface area contributed by atoms with Crippen LogP contribution in [-0.4, -0.2) is 81.2 Å². The second kappa shape index (κ2) is 13.4. The molecular weight excluding hydrogens is 484 g/mol. The number of aliphatic hydroxyl groups is 6. The van der Waals surface area contributed by atoms with Crippen LogP contribution in [0.3, 0.4) is 0 Å². The molecule has 1 aliphatic rings. The van der Waals surface area contributed by atoms with E-state index in [4.69, 9.17) is 18.9 Å². The van der Waals surface area contributed by atoms with Gasteiger partial charge in [-0.15, -0.1) is 0 Å². The summed E-state index contributed by atoms with van der Waals surface area (Å²) in [5.41, 5.74) is 2.00. The summed E-state index contributed by atoms with van der Waals surface area (Å²) in [4.78, 5) is 0. The predicted octanol–water partition coefficient (Wildman–Crippen LogP) is 1.21. The number of ether oxygens (including phenoxy) is 4. The summed E-state index contributed by atoms with van der Waals surface area (Å²) in [6.07, 6.45) is -5.58. The van der Waals surface area contributed by atoms with Gasteiger partial charge in [-0.3, -0.25) is 0 Å². The topological polar surface area (TPSA) is 158 Å². The summed E-state index contributed by atoms with van der Waals surface area (Å²) >= 11 is 0. The quantitative estimate of drug-likeness (QED) is 0.239. The van der Waals surface area contributed by atoms with E-state index in [0.29, 0.717) is 16.9 Å². The van der Waals surface area contributed by atoms with Crippen LogP contribution in [0.4, 0.5) is 0 Å². The highest BCUT2D eigenvalue weighted by Gasteiger charge is 2.43. The van der Waals surface area contributed by atoms with Gasteiger partial charge in [-0.1, -0.05) is 25.5 Å². The Morgan fingerprint density at radius 1 is 0.946 bits per heavy atom. The molecule has 1 heterocycles. The minimum Gasteiger partial charge on any atom is -0.493 e. The summed E-state index contributed by atoms with van der Waals surface area (Å²) < 4.78 is 22.5. The van der Waals surface area contributed by atoms with Crippen LogP contribution in [-0.2, 0) is 17.8 Å². The lowest BCUT2D eigenvalue weighted by atomic mass is 10.00. The highest BCUT2D eigenvalue weighted by Crippen LogP contribution is 2.35. The number of aliphatic hydroxyl groups excluding tert-OH is 6. The molecule has 0 amide bonds. The molecule has 0 spiro atoms. The van der Waals surface area contributed by atoms with Gasteiger partial charge in [0, 0.05) is 5.56 Å². The number of unbranched alkanes of at least 4 members (excludes halogenated alkanes) is 1. The van der Waals surface area contributed by atoms with Crippen molar-refractivity contribution in [2.75, 3.05) is 13.7 Å². The van der Waals surface area contributed by atoms with Gasteiger partial charge in [0.15, 0.2) is 17.6 Å². The van der Waals surface area contributed by atoms with Gasteiger partial charge in [-0.05, 0) is 55.2 Å². The Hall–Kier alpha value is -2.44. The fourth-order valence-electron chi connectivity index (χ4n) is 4.19. The molecule has 2 aromatic carbocycles. The lowest BCUT2D eigenvalue weighted by Crippen LogP contribution is -2.58. The standard InChI is InChI=1S/C27H38O10/c1-4-5-6-16-7-9-19(18(11-16)13-28)36-22(14-29)24(31)17-8-10-20(21(12-17)34-3)37-27-26(33)25(32)23(30)15(2)35-27/h7-12,15,22-33H,4-6,13-14H2,1-3H3. The van der Waals surface area contributed by atoms with Crippen molar-refractivity contribution in [2.45, 2.75) is 82.6 Å². The van der Waals surface area contributed by atoms with Crippen molar-refractivity contribution in [3.05, 3.63) is 53.1 Å². The number of hydrogen-bond donors (Lipinski definition) is 6. The Labute approximate surface area is 216 Å². The molecule has 206 valence electrons. The van der Waals surface area contributed by atoms with Crippen LogP contribution in [0.25, 0.3) is 0 Å². The maximum absolute atomic E-state index is 11.0. The van der Waals surface area contributed by atoms with E-state index in [1.807, 2.05) is 12.1 Å². The zero-order valence-electron chi connectivity index (χ0n) is 21.4. The third-order valence-corrected chi connectivity index (χ3v) is 6.51. The maximum Gasteiger partial charge on any atom is 0.229 e. The van der Waals surface area contributed by atoms with Gasteiger partial charge in [-0.25, -0.2) is 0 Å². The summed E-state index contributed by atoms with van der Waals surface area (Å²) in [6.45, 7) is 2.91. The van der Waals surface area contributed by atoms with Crippen molar-refractivity contribution in [3.63, 3.8) is 0 Å². The molecule has 1 aliphatic heterocycles. The SMILES string of the molecule is CCCCc1ccc(OC(CO)C(O)c2ccc(OC3OC(C)C(O)C(O)C3O)c(OC)c2)c(CO)c1. The smallest absolute Gasteiger partial charge is 0.229 e. The van der Waals surface area contributed by atoms with Crippen LogP contribution >= 0.6 is 0 Å². The molecule has 0 aliphatic carbocycles. The van der Waals surface area contributed by atoms with E-state index in [9.17, 15) is 30.6 Å². The zero-order valence-corrected chi connectivity index (χ0v) is 21.4. The molecule has 2 aromatic rings. The summed E-state index contributed by atoms with van der Waals surface area (Å²) in [6, 6.07) is 10.0. The molecule has 7 unspecified atom stereocenters. The Morgan fingerprint density at radius 3 is 2.32 bits per heavy atom. The van der Waals surface area contributed by atoms with Crippen LogP contribution < -0.4 is 14.2 Å². The van der Waals surface area contributed by atoms with Crippen molar-refractivity contribution in [1.29, 1.82) is 0 Å². The molecular formula is C27H38O10. The van der Waals surface area contributed by atoms with Gasteiger partial charge in [0.05, 0.1) is 26.4 Å². The molecule has 3 rings (SSSR count). The molecule has 10 heteroatoms. The summed E-state index contributed by atoms with van der Waals surface area (Å²) in [7, 11) is 1.39. The molecule has 7 atom stereocenters. The largest absolute Gasteiger partial charge is 0.493 e. The number of aryl methyl sites for hydroxylation is 1. The molecule has 0 aromatic heterocycles. The van der Waals surface area contributed by atoms with Gasteiger partial charge in [0.2, 0.25) is 6.29 Å². The Kier molecular flexibility index (Phi) is 10.5. The molecule has 1 saturated heterocycles. The number of hydrogen-bond acceptors (Lipinski definition) is 10. The Morgan fingerprint density at radius 2 is 1.68 bits per heavy atom. The van der Waals surface area contributed by atoms with E-state index >= 15 is 0 Å². The molecule has 1 fully saturated rings. The van der Waals surface area contributed by atoms with Crippen LogP contribution in [0.1, 0.15) is 49.5 Å². The van der Waals surface area contributed by atoms with E-state index in [1.54, 1.807) is 19.1 Å². The third kappa shape index (κ3) is 6.91. The first kappa shape index (κ1) is 29.1. The fourth-order valence-corrected chi connectivity index (χ4v) is 4.19. The predicted molar refractivity (Wildman–Crippen MR) is 133 cm³/mol. The first-order valence-electron chi connectivity index (χ1n) is 12.5. The minimum absolute atomic E-state index is 0.171. The van der Waals surface area contributed by atoms with E-state index in [-0.39, 0.29) is 18.1 Å². The molecule has 37 heavy (non-hydrogen) atoms. The average Bonchev–Trinajstić information content (AvgIpc) is 2.92. The monoisotopic (exact) mass is 522 g/mol. The van der Waals surface area contributed by atoms with E-state index < -0.39 is 49.5 Å². The normalized spacial score (nSPS) is 25.4. The molecule has 0 radical (unpaired) electrons. The Balaban J connectivity index is 1.76. The van der Waals surface area contributed by atoms with E-state index in [1.165, 1.54) is 19.2 Å². The van der Waals surface area contributed by atoms with Gasteiger partial charge >= 0.3 is 0 Å². The maximum atomic E-state index is 11.0. The first-order chi connectivity index (χ1) is 17.7. The van der Waals surface area contributed by atoms with Gasteiger partial charge in [0.1, 0.15) is 30.2 Å². The van der Waals surface area contributed by atoms with Crippen molar-refractivity contribution in [1.82, 2.24) is 0 Å². The average molecular weight is 523 g/mol. The van der Waals surface area contributed by atoms with Crippen LogP contribution in [0.15, 0.2) is 36.4 Å². The van der Waals surface area contributed by atoms with Crippen molar-refractivity contribution < 1.29 is 49.6 Å². The highest BCUT2D eigenvalue weighted by molar-refractivity contribution is 5.44. The zero-order chi connectivity index (χ0) is 27.1.